The van der Waals surface area contributed by atoms with Gasteiger partial charge in [-0.25, -0.2) is 0 Å². The second-order valence-corrected chi connectivity index (χ2v) is 7.32. The highest BCUT2D eigenvalue weighted by Gasteiger charge is 2.31. The average Bonchev–Trinajstić information content (AvgIpc) is 2.92. The van der Waals surface area contributed by atoms with Crippen LogP contribution in [0.15, 0.2) is 24.3 Å². The van der Waals surface area contributed by atoms with Crippen LogP contribution >= 0.6 is 0 Å². The molecule has 1 aliphatic heterocycles. The van der Waals surface area contributed by atoms with Crippen LogP contribution in [0.4, 0.5) is 13.2 Å². The smallest absolute Gasteiger partial charge is 0.406 e. The highest BCUT2D eigenvalue weighted by molar-refractivity contribution is 6.02. The number of halogens is 3. The van der Waals surface area contributed by atoms with Crippen LogP contribution in [-0.2, 0) is 11.3 Å². The first-order valence-corrected chi connectivity index (χ1v) is 9.83. The number of hydrogen-bond donors (Lipinski definition) is 1. The van der Waals surface area contributed by atoms with E-state index in [-0.39, 0.29) is 5.75 Å². The molecule has 0 saturated carbocycles. The predicted octanol–water partition coefficient (Wildman–Crippen LogP) is 3.49. The Bertz CT molecular complexity index is 903. The van der Waals surface area contributed by atoms with Crippen molar-refractivity contribution in [2.24, 2.45) is 5.73 Å². The van der Waals surface area contributed by atoms with Crippen LogP contribution in [0.25, 0.3) is 11.1 Å². The van der Waals surface area contributed by atoms with Gasteiger partial charge in [-0.15, -0.1) is 13.2 Å². The fraction of sp³-hybridized carbons (Fsp3) is 0.476. The minimum atomic E-state index is -4.79. The Balaban J connectivity index is 1.88. The molecule has 0 radical (unpaired) electrons. The summed E-state index contributed by atoms with van der Waals surface area (Å²) in [5.41, 5.74) is 8.45. The molecule has 1 amide bonds. The van der Waals surface area contributed by atoms with Gasteiger partial charge in [-0.3, -0.25) is 9.69 Å². The topological polar surface area (TPSA) is 69.7 Å². The molecule has 1 aliphatic rings. The molecular formula is C21H26F3N3O3. The lowest BCUT2D eigenvalue weighted by atomic mass is 10.00. The Labute approximate surface area is 173 Å². The zero-order valence-corrected chi connectivity index (χ0v) is 17.1. The van der Waals surface area contributed by atoms with E-state index in [1.807, 2.05) is 11.5 Å². The number of carbonyl (C=O) groups is 1. The molecule has 6 nitrogen and oxygen atoms in total. The van der Waals surface area contributed by atoms with Crippen molar-refractivity contribution in [3.8, 4) is 16.9 Å². The van der Waals surface area contributed by atoms with Crippen molar-refractivity contribution in [3.63, 3.8) is 0 Å². The van der Waals surface area contributed by atoms with Crippen molar-refractivity contribution < 1.29 is 27.4 Å². The normalized spacial score (nSPS) is 15.4. The fourth-order valence-electron chi connectivity index (χ4n) is 4.00. The number of morpholine rings is 1. The lowest BCUT2D eigenvalue weighted by molar-refractivity contribution is -0.274. The SMILES string of the molecule is Cc1c(C(N)=O)c(-c2cccc(OC(F)(F)F)c2)c(C)n1CCCN1CCOCC1. The number of benzene rings is 1. The third kappa shape index (κ3) is 5.14. The molecule has 0 unspecified atom stereocenters. The second-order valence-electron chi connectivity index (χ2n) is 7.32. The quantitative estimate of drug-likeness (QED) is 0.737. The number of carbonyl (C=O) groups excluding carboxylic acids is 1. The molecule has 1 saturated heterocycles. The molecule has 0 atom stereocenters. The summed E-state index contributed by atoms with van der Waals surface area (Å²) in [6.07, 6.45) is -3.92. The van der Waals surface area contributed by atoms with E-state index < -0.39 is 12.3 Å². The summed E-state index contributed by atoms with van der Waals surface area (Å²) in [5, 5.41) is 0. The van der Waals surface area contributed by atoms with Crippen LogP contribution < -0.4 is 10.5 Å². The standard InChI is InChI=1S/C21H26F3N3O3/c1-14-18(16-5-3-6-17(13-16)30-21(22,23)24)19(20(25)28)15(2)27(14)8-4-7-26-9-11-29-12-10-26/h3,5-6,13H,4,7-12H2,1-2H3,(H2,25,28). The number of alkyl halides is 3. The molecule has 1 aromatic carbocycles. The van der Waals surface area contributed by atoms with Crippen molar-refractivity contribution in [1.82, 2.24) is 9.47 Å². The van der Waals surface area contributed by atoms with Crippen molar-refractivity contribution >= 4 is 5.91 Å². The predicted molar refractivity (Wildman–Crippen MR) is 106 cm³/mol. The van der Waals surface area contributed by atoms with E-state index in [1.165, 1.54) is 18.2 Å². The van der Waals surface area contributed by atoms with Crippen LogP contribution in [0.5, 0.6) is 5.75 Å². The summed E-state index contributed by atoms with van der Waals surface area (Å²) >= 11 is 0. The van der Waals surface area contributed by atoms with E-state index in [0.29, 0.717) is 28.9 Å². The molecule has 2 aromatic rings. The first kappa shape index (κ1) is 22.2. The fourth-order valence-corrected chi connectivity index (χ4v) is 4.00. The molecule has 3 rings (SSSR count). The number of aromatic nitrogens is 1. The maximum Gasteiger partial charge on any atom is 0.573 e. The van der Waals surface area contributed by atoms with Gasteiger partial charge in [0.2, 0.25) is 0 Å². The Morgan fingerprint density at radius 1 is 1.17 bits per heavy atom. The van der Waals surface area contributed by atoms with Gasteiger partial charge in [0.05, 0.1) is 18.8 Å². The molecule has 2 N–H and O–H groups in total. The summed E-state index contributed by atoms with van der Waals surface area (Å²) < 4.78 is 49.2. The van der Waals surface area contributed by atoms with Gasteiger partial charge >= 0.3 is 6.36 Å². The van der Waals surface area contributed by atoms with E-state index >= 15 is 0 Å². The van der Waals surface area contributed by atoms with E-state index in [2.05, 4.69) is 9.64 Å². The number of nitrogens with two attached hydrogens (primary N) is 1. The van der Waals surface area contributed by atoms with Crippen LogP contribution in [0.2, 0.25) is 0 Å². The zero-order valence-electron chi connectivity index (χ0n) is 17.1. The lowest BCUT2D eigenvalue weighted by Gasteiger charge is -2.26. The highest BCUT2D eigenvalue weighted by Crippen LogP contribution is 2.35. The Hall–Kier alpha value is -2.52. The highest BCUT2D eigenvalue weighted by atomic mass is 19.4. The minimum Gasteiger partial charge on any atom is -0.406 e. The Morgan fingerprint density at radius 2 is 1.87 bits per heavy atom. The summed E-state index contributed by atoms with van der Waals surface area (Å²) in [5.74, 6) is -0.952. The molecule has 2 heterocycles. The molecule has 30 heavy (non-hydrogen) atoms. The molecule has 0 spiro atoms. The van der Waals surface area contributed by atoms with Crippen molar-refractivity contribution in [3.05, 3.63) is 41.2 Å². The van der Waals surface area contributed by atoms with Crippen LogP contribution in [-0.4, -0.2) is 54.6 Å². The maximum absolute atomic E-state index is 12.6. The van der Waals surface area contributed by atoms with Gasteiger partial charge in [0.25, 0.3) is 5.91 Å². The Kier molecular flexibility index (Phi) is 6.72. The number of primary amides is 1. The molecule has 1 aromatic heterocycles. The molecule has 9 heteroatoms. The van der Waals surface area contributed by atoms with E-state index in [9.17, 15) is 18.0 Å². The number of amides is 1. The van der Waals surface area contributed by atoms with Crippen LogP contribution in [0.3, 0.4) is 0 Å². The number of rotatable bonds is 7. The molecule has 0 aliphatic carbocycles. The van der Waals surface area contributed by atoms with Crippen LogP contribution in [0.1, 0.15) is 28.2 Å². The van der Waals surface area contributed by atoms with Crippen LogP contribution in [0, 0.1) is 13.8 Å². The van der Waals surface area contributed by atoms with Gasteiger partial charge in [0, 0.05) is 43.1 Å². The van der Waals surface area contributed by atoms with Gasteiger partial charge < -0.3 is 19.8 Å². The lowest BCUT2D eigenvalue weighted by Crippen LogP contribution is -2.37. The van der Waals surface area contributed by atoms with Gasteiger partial charge in [0.15, 0.2) is 0 Å². The average molecular weight is 425 g/mol. The van der Waals surface area contributed by atoms with Crippen molar-refractivity contribution in [1.29, 1.82) is 0 Å². The number of nitrogens with zero attached hydrogens (tertiary/aromatic N) is 2. The molecule has 1 fully saturated rings. The third-order valence-electron chi connectivity index (χ3n) is 5.35. The minimum absolute atomic E-state index is 0.322. The first-order valence-electron chi connectivity index (χ1n) is 9.83. The van der Waals surface area contributed by atoms with Gasteiger partial charge in [-0.05, 0) is 38.0 Å². The number of ether oxygens (including phenoxy) is 2. The molecular weight excluding hydrogens is 399 g/mol. The molecule has 164 valence electrons. The van der Waals surface area contributed by atoms with Crippen molar-refractivity contribution in [2.75, 3.05) is 32.8 Å². The molecule has 0 bridgehead atoms. The largest absolute Gasteiger partial charge is 0.573 e. The Morgan fingerprint density at radius 3 is 2.50 bits per heavy atom. The van der Waals surface area contributed by atoms with Gasteiger partial charge in [-0.1, -0.05) is 12.1 Å². The van der Waals surface area contributed by atoms with E-state index in [0.717, 1.165) is 45.0 Å². The second kappa shape index (κ2) is 9.09. The maximum atomic E-state index is 12.6. The van der Waals surface area contributed by atoms with E-state index in [1.54, 1.807) is 13.0 Å². The van der Waals surface area contributed by atoms with Crippen molar-refractivity contribution in [2.45, 2.75) is 33.2 Å². The summed E-state index contributed by atoms with van der Waals surface area (Å²) in [6, 6.07) is 5.61. The monoisotopic (exact) mass is 425 g/mol. The number of hydrogen-bond acceptors (Lipinski definition) is 4. The third-order valence-corrected chi connectivity index (χ3v) is 5.35. The van der Waals surface area contributed by atoms with Gasteiger partial charge in [0.1, 0.15) is 5.75 Å². The van der Waals surface area contributed by atoms with E-state index in [4.69, 9.17) is 10.5 Å². The first-order chi connectivity index (χ1) is 14.2. The zero-order chi connectivity index (χ0) is 21.9. The summed E-state index contributed by atoms with van der Waals surface area (Å²) in [7, 11) is 0. The summed E-state index contributed by atoms with van der Waals surface area (Å²) in [4.78, 5) is 14.5. The van der Waals surface area contributed by atoms with Gasteiger partial charge in [-0.2, -0.15) is 0 Å². The summed E-state index contributed by atoms with van der Waals surface area (Å²) in [6.45, 7) is 8.48.